The molecular weight excluding hydrogens is 312 g/mol. The highest BCUT2D eigenvalue weighted by Gasteiger charge is 2.59. The number of phenolic OH excluding ortho intramolecular Hbond substituents is 1. The molecule has 2 aromatic carbocycles. The Hall–Kier alpha value is -2.03. The lowest BCUT2D eigenvalue weighted by atomic mass is 9.81. The first-order valence-corrected chi connectivity index (χ1v) is 9.04. The van der Waals surface area contributed by atoms with E-state index >= 15 is 0 Å². The van der Waals surface area contributed by atoms with Crippen molar-refractivity contribution in [3.8, 4) is 5.75 Å². The number of ether oxygens (including phenoxy) is 1. The number of phenols is 1. The van der Waals surface area contributed by atoms with E-state index in [1.165, 1.54) is 0 Å². The quantitative estimate of drug-likeness (QED) is 0.736. The fourth-order valence-corrected chi connectivity index (χ4v) is 3.89. The lowest BCUT2D eigenvalue weighted by molar-refractivity contribution is -0.157. The van der Waals surface area contributed by atoms with Crippen LogP contribution in [0, 0.1) is 16.7 Å². The zero-order valence-corrected chi connectivity index (χ0v) is 15.8. The molecule has 2 aromatic rings. The summed E-state index contributed by atoms with van der Waals surface area (Å²) < 4.78 is 5.86. The topological polar surface area (TPSA) is 46.5 Å². The van der Waals surface area contributed by atoms with Crippen LogP contribution in [0.15, 0.2) is 36.4 Å². The van der Waals surface area contributed by atoms with Crippen LogP contribution in [0.1, 0.15) is 59.1 Å². The van der Waals surface area contributed by atoms with Crippen molar-refractivity contribution >= 4 is 16.7 Å². The van der Waals surface area contributed by atoms with Crippen LogP contribution in [0.25, 0.3) is 10.8 Å². The number of esters is 1. The highest BCUT2D eigenvalue weighted by Crippen LogP contribution is 2.59. The van der Waals surface area contributed by atoms with Gasteiger partial charge in [0.2, 0.25) is 0 Å². The van der Waals surface area contributed by atoms with E-state index in [4.69, 9.17) is 4.74 Å². The lowest BCUT2D eigenvalue weighted by Gasteiger charge is -2.27. The molecule has 1 aliphatic carbocycles. The average molecular weight is 340 g/mol. The Morgan fingerprint density at radius 3 is 2.44 bits per heavy atom. The number of hydrogen-bond acceptors (Lipinski definition) is 3. The van der Waals surface area contributed by atoms with E-state index < -0.39 is 0 Å². The van der Waals surface area contributed by atoms with Crippen LogP contribution >= 0.6 is 0 Å². The van der Waals surface area contributed by atoms with Gasteiger partial charge in [-0.05, 0) is 65.6 Å². The van der Waals surface area contributed by atoms with Crippen LogP contribution in [-0.2, 0) is 9.53 Å². The van der Waals surface area contributed by atoms with Gasteiger partial charge in [-0.25, -0.2) is 0 Å². The van der Waals surface area contributed by atoms with Crippen LogP contribution in [0.3, 0.4) is 0 Å². The van der Waals surface area contributed by atoms with E-state index in [-0.39, 0.29) is 28.7 Å². The zero-order chi connectivity index (χ0) is 18.4. The monoisotopic (exact) mass is 340 g/mol. The first-order valence-electron chi connectivity index (χ1n) is 9.04. The maximum Gasteiger partial charge on any atom is 0.312 e. The molecule has 25 heavy (non-hydrogen) atoms. The second-order valence-corrected chi connectivity index (χ2v) is 8.84. The molecule has 0 spiro atoms. The van der Waals surface area contributed by atoms with Gasteiger partial charge in [0.1, 0.15) is 11.9 Å². The van der Waals surface area contributed by atoms with E-state index in [1.807, 2.05) is 31.2 Å². The Morgan fingerprint density at radius 2 is 1.84 bits per heavy atom. The van der Waals surface area contributed by atoms with E-state index in [2.05, 4.69) is 27.7 Å². The molecule has 1 aliphatic rings. The first-order chi connectivity index (χ1) is 11.6. The molecule has 0 heterocycles. The molecule has 3 rings (SSSR count). The van der Waals surface area contributed by atoms with Gasteiger partial charge in [-0.1, -0.05) is 45.9 Å². The normalized spacial score (nSPS) is 24.1. The minimum atomic E-state index is -0.310. The molecular formula is C22H28O3. The first kappa shape index (κ1) is 17.8. The summed E-state index contributed by atoms with van der Waals surface area (Å²) in [4.78, 5) is 12.9. The fourth-order valence-electron chi connectivity index (χ4n) is 3.89. The van der Waals surface area contributed by atoms with Gasteiger partial charge in [-0.15, -0.1) is 0 Å². The second-order valence-electron chi connectivity index (χ2n) is 8.84. The standard InChI is InChI=1S/C22H28O3/c1-14-12-22(14,13-21(3,4)5)20(24)25-15(2)16-6-7-18-11-19(23)9-8-17(18)10-16/h6-11,14-15,23H,12-13H2,1-5H3. The summed E-state index contributed by atoms with van der Waals surface area (Å²) in [7, 11) is 0. The molecule has 0 saturated heterocycles. The molecule has 3 unspecified atom stereocenters. The van der Waals surface area contributed by atoms with E-state index in [0.29, 0.717) is 5.92 Å². The predicted molar refractivity (Wildman–Crippen MR) is 100 cm³/mol. The van der Waals surface area contributed by atoms with Crippen molar-refractivity contribution in [1.29, 1.82) is 0 Å². The number of hydrogen-bond donors (Lipinski definition) is 1. The third-order valence-corrected chi connectivity index (χ3v) is 5.31. The van der Waals surface area contributed by atoms with E-state index in [9.17, 15) is 9.90 Å². The molecule has 0 aliphatic heterocycles. The van der Waals surface area contributed by atoms with Crippen molar-refractivity contribution in [3.63, 3.8) is 0 Å². The maximum absolute atomic E-state index is 12.9. The van der Waals surface area contributed by atoms with Gasteiger partial charge in [0.25, 0.3) is 0 Å². The number of fused-ring (bicyclic) bond motifs is 1. The van der Waals surface area contributed by atoms with Gasteiger partial charge in [-0.3, -0.25) is 4.79 Å². The Kier molecular flexibility index (Phi) is 4.30. The molecule has 134 valence electrons. The molecule has 0 amide bonds. The van der Waals surface area contributed by atoms with Gasteiger partial charge in [0.15, 0.2) is 0 Å². The molecule has 1 saturated carbocycles. The summed E-state index contributed by atoms with van der Waals surface area (Å²) in [6, 6.07) is 11.2. The number of aromatic hydroxyl groups is 1. The van der Waals surface area contributed by atoms with Crippen LogP contribution in [0.4, 0.5) is 0 Å². The number of benzene rings is 2. The lowest BCUT2D eigenvalue weighted by Crippen LogP contribution is -2.27. The molecule has 0 aromatic heterocycles. The molecule has 0 radical (unpaired) electrons. The Bertz CT molecular complexity index is 803. The summed E-state index contributed by atoms with van der Waals surface area (Å²) >= 11 is 0. The summed E-state index contributed by atoms with van der Waals surface area (Å²) in [6.07, 6.45) is 1.51. The van der Waals surface area contributed by atoms with E-state index in [0.717, 1.165) is 29.2 Å². The third kappa shape index (κ3) is 3.65. The third-order valence-electron chi connectivity index (χ3n) is 5.31. The van der Waals surface area contributed by atoms with Crippen molar-refractivity contribution in [2.75, 3.05) is 0 Å². The minimum absolute atomic E-state index is 0.0618. The molecule has 3 atom stereocenters. The van der Waals surface area contributed by atoms with E-state index in [1.54, 1.807) is 12.1 Å². The van der Waals surface area contributed by atoms with Gasteiger partial charge in [0.05, 0.1) is 5.41 Å². The SMILES string of the molecule is CC(OC(=O)C1(CC(C)(C)C)CC1C)c1ccc2cc(O)ccc2c1. The summed E-state index contributed by atoms with van der Waals surface area (Å²) in [5.41, 5.74) is 0.776. The number of carbonyl (C=O) groups excluding carboxylic acids is 1. The molecule has 3 heteroatoms. The molecule has 1 fully saturated rings. The summed E-state index contributed by atoms with van der Waals surface area (Å²) in [6.45, 7) is 10.6. The van der Waals surface area contributed by atoms with Crippen LogP contribution < -0.4 is 0 Å². The molecule has 0 bridgehead atoms. The number of carbonyl (C=O) groups is 1. The van der Waals surface area contributed by atoms with Crippen molar-refractivity contribution in [1.82, 2.24) is 0 Å². The number of rotatable bonds is 4. The van der Waals surface area contributed by atoms with Crippen molar-refractivity contribution in [3.05, 3.63) is 42.0 Å². The molecule has 3 nitrogen and oxygen atoms in total. The van der Waals surface area contributed by atoms with Crippen molar-refractivity contribution in [2.45, 2.75) is 53.6 Å². The van der Waals surface area contributed by atoms with Crippen molar-refractivity contribution < 1.29 is 14.6 Å². The highest BCUT2D eigenvalue weighted by atomic mass is 16.5. The summed E-state index contributed by atoms with van der Waals surface area (Å²) in [5.74, 6) is 0.589. The Morgan fingerprint density at radius 1 is 1.24 bits per heavy atom. The maximum atomic E-state index is 12.9. The average Bonchev–Trinajstić information content (AvgIpc) is 3.15. The zero-order valence-electron chi connectivity index (χ0n) is 15.8. The van der Waals surface area contributed by atoms with Gasteiger partial charge in [0, 0.05) is 0 Å². The smallest absolute Gasteiger partial charge is 0.312 e. The van der Waals surface area contributed by atoms with Gasteiger partial charge in [-0.2, -0.15) is 0 Å². The fraction of sp³-hybridized carbons (Fsp3) is 0.500. The largest absolute Gasteiger partial charge is 0.508 e. The summed E-state index contributed by atoms with van der Waals surface area (Å²) in [5, 5.41) is 11.6. The Balaban J connectivity index is 1.76. The Labute approximate surface area is 150 Å². The van der Waals surface area contributed by atoms with Gasteiger partial charge >= 0.3 is 5.97 Å². The van der Waals surface area contributed by atoms with Crippen LogP contribution in [-0.4, -0.2) is 11.1 Å². The highest BCUT2D eigenvalue weighted by molar-refractivity contribution is 5.85. The van der Waals surface area contributed by atoms with Gasteiger partial charge < -0.3 is 9.84 Å². The van der Waals surface area contributed by atoms with Crippen LogP contribution in [0.2, 0.25) is 0 Å². The minimum Gasteiger partial charge on any atom is -0.508 e. The second kappa shape index (κ2) is 6.05. The van der Waals surface area contributed by atoms with Crippen molar-refractivity contribution in [2.24, 2.45) is 16.7 Å². The predicted octanol–water partition coefficient (Wildman–Crippen LogP) is 5.61. The van der Waals surface area contributed by atoms with Crippen LogP contribution in [0.5, 0.6) is 5.75 Å². The molecule has 1 N–H and O–H groups in total.